The lowest BCUT2D eigenvalue weighted by Crippen LogP contribution is -2.28. The van der Waals surface area contributed by atoms with Crippen molar-refractivity contribution in [3.63, 3.8) is 0 Å². The van der Waals surface area contributed by atoms with Crippen LogP contribution in [-0.4, -0.2) is 49.9 Å². The summed E-state index contributed by atoms with van der Waals surface area (Å²) in [4.78, 5) is 22.3. The molecular formula is C41H82NO7P. The summed E-state index contributed by atoms with van der Waals surface area (Å²) < 4.78 is 33.2. The Balaban J connectivity index is 3.80. The van der Waals surface area contributed by atoms with Gasteiger partial charge >= 0.3 is 13.8 Å². The van der Waals surface area contributed by atoms with Crippen molar-refractivity contribution in [2.24, 2.45) is 5.73 Å². The molecule has 0 aliphatic carbocycles. The number of phosphoric ester groups is 1. The van der Waals surface area contributed by atoms with E-state index < -0.39 is 13.9 Å². The summed E-state index contributed by atoms with van der Waals surface area (Å²) >= 11 is 0. The smallest absolute Gasteiger partial charge is 0.457 e. The number of rotatable bonds is 41. The lowest BCUT2D eigenvalue weighted by atomic mass is 10.0. The number of hydrogen-bond acceptors (Lipinski definition) is 7. The van der Waals surface area contributed by atoms with Crippen molar-refractivity contribution >= 4 is 13.8 Å². The first-order valence-electron chi connectivity index (χ1n) is 21.2. The number of ether oxygens (including phenoxy) is 2. The first kappa shape index (κ1) is 49.2. The van der Waals surface area contributed by atoms with Gasteiger partial charge in [0.15, 0.2) is 0 Å². The Labute approximate surface area is 309 Å². The molecule has 298 valence electrons. The molecule has 0 bridgehead atoms. The number of carbonyl (C=O) groups excluding carboxylic acids is 1. The number of hydrogen-bond donors (Lipinski definition) is 2. The van der Waals surface area contributed by atoms with E-state index in [2.05, 4.69) is 26.0 Å². The van der Waals surface area contributed by atoms with Crippen molar-refractivity contribution in [2.45, 2.75) is 213 Å². The van der Waals surface area contributed by atoms with Crippen LogP contribution in [0.25, 0.3) is 0 Å². The fraction of sp³-hybridized carbons (Fsp3) is 0.927. The highest BCUT2D eigenvalue weighted by molar-refractivity contribution is 7.47. The van der Waals surface area contributed by atoms with E-state index in [-0.39, 0.29) is 32.3 Å². The Kier molecular flexibility index (Phi) is 38.8. The van der Waals surface area contributed by atoms with E-state index in [1.54, 1.807) is 0 Å². The van der Waals surface area contributed by atoms with E-state index >= 15 is 0 Å². The van der Waals surface area contributed by atoms with Gasteiger partial charge in [-0.1, -0.05) is 174 Å². The second-order valence-electron chi connectivity index (χ2n) is 14.2. The summed E-state index contributed by atoms with van der Waals surface area (Å²) in [5.41, 5.74) is 5.35. The van der Waals surface area contributed by atoms with Crippen LogP contribution in [0.3, 0.4) is 0 Å². The fourth-order valence-corrected chi connectivity index (χ4v) is 6.82. The highest BCUT2D eigenvalue weighted by Crippen LogP contribution is 2.43. The average molecular weight is 732 g/mol. The Hall–Kier alpha value is -0.760. The van der Waals surface area contributed by atoms with E-state index in [0.29, 0.717) is 13.0 Å². The maximum Gasteiger partial charge on any atom is 0.472 e. The van der Waals surface area contributed by atoms with Crippen molar-refractivity contribution < 1.29 is 32.8 Å². The first-order chi connectivity index (χ1) is 24.4. The van der Waals surface area contributed by atoms with Crippen molar-refractivity contribution in [2.75, 3.05) is 33.0 Å². The molecule has 0 saturated heterocycles. The molecule has 0 aromatic rings. The topological polar surface area (TPSA) is 117 Å². The lowest BCUT2D eigenvalue weighted by molar-refractivity contribution is -0.154. The minimum atomic E-state index is -4.26. The third-order valence-electron chi connectivity index (χ3n) is 9.18. The summed E-state index contributed by atoms with van der Waals surface area (Å²) in [5, 5.41) is 0. The quantitative estimate of drug-likeness (QED) is 0.0276. The molecule has 2 atom stereocenters. The summed E-state index contributed by atoms with van der Waals surface area (Å²) in [5.74, 6) is -0.335. The maximum atomic E-state index is 12.4. The number of esters is 1. The van der Waals surface area contributed by atoms with Crippen LogP contribution in [-0.2, 0) is 27.9 Å². The Morgan fingerprint density at radius 2 is 1.00 bits per heavy atom. The molecule has 0 aliphatic heterocycles. The number of carbonyl (C=O) groups is 1. The number of unbranched alkanes of at least 4 members (excludes halogenated alkanes) is 26. The summed E-state index contributed by atoms with van der Waals surface area (Å²) in [6.07, 6.45) is 41.2. The Morgan fingerprint density at radius 3 is 1.46 bits per heavy atom. The minimum absolute atomic E-state index is 0.0925. The molecule has 50 heavy (non-hydrogen) atoms. The molecule has 3 N–H and O–H groups in total. The second-order valence-corrected chi connectivity index (χ2v) is 15.7. The third kappa shape index (κ3) is 38.5. The fourth-order valence-electron chi connectivity index (χ4n) is 6.05. The zero-order chi connectivity index (χ0) is 36.6. The zero-order valence-corrected chi connectivity index (χ0v) is 33.8. The van der Waals surface area contributed by atoms with Crippen LogP contribution in [0.1, 0.15) is 206 Å². The van der Waals surface area contributed by atoms with Gasteiger partial charge in [-0.15, -0.1) is 0 Å². The monoisotopic (exact) mass is 732 g/mol. The highest BCUT2D eigenvalue weighted by Gasteiger charge is 2.25. The van der Waals surface area contributed by atoms with Crippen LogP contribution >= 0.6 is 7.82 Å². The van der Waals surface area contributed by atoms with Crippen molar-refractivity contribution in [3.05, 3.63) is 12.2 Å². The normalized spacial score (nSPS) is 13.6. The Bertz CT molecular complexity index is 782. The van der Waals surface area contributed by atoms with Gasteiger partial charge in [0.2, 0.25) is 0 Å². The predicted octanol–water partition coefficient (Wildman–Crippen LogP) is 12.3. The van der Waals surface area contributed by atoms with Gasteiger partial charge in [0.25, 0.3) is 0 Å². The number of nitrogens with two attached hydrogens (primary N) is 1. The molecule has 0 fully saturated rings. The van der Waals surface area contributed by atoms with Crippen LogP contribution in [0.5, 0.6) is 0 Å². The Morgan fingerprint density at radius 1 is 0.580 bits per heavy atom. The van der Waals surface area contributed by atoms with E-state index in [4.69, 9.17) is 24.3 Å². The molecule has 0 rings (SSSR count). The van der Waals surface area contributed by atoms with Gasteiger partial charge in [-0.2, -0.15) is 0 Å². The van der Waals surface area contributed by atoms with Crippen molar-refractivity contribution in [3.8, 4) is 0 Å². The number of allylic oxidation sites excluding steroid dienone is 2. The molecule has 0 aromatic heterocycles. The molecule has 0 heterocycles. The second kappa shape index (κ2) is 39.4. The zero-order valence-electron chi connectivity index (χ0n) is 32.9. The van der Waals surface area contributed by atoms with Crippen LogP contribution in [0.2, 0.25) is 0 Å². The molecular weight excluding hydrogens is 649 g/mol. The lowest BCUT2D eigenvalue weighted by Gasteiger charge is -2.20. The average Bonchev–Trinajstić information content (AvgIpc) is 3.10. The van der Waals surface area contributed by atoms with Gasteiger partial charge in [0.1, 0.15) is 6.10 Å². The van der Waals surface area contributed by atoms with Crippen molar-refractivity contribution in [1.29, 1.82) is 0 Å². The third-order valence-corrected chi connectivity index (χ3v) is 10.2. The van der Waals surface area contributed by atoms with Gasteiger partial charge in [-0.3, -0.25) is 13.8 Å². The van der Waals surface area contributed by atoms with Crippen LogP contribution in [0.4, 0.5) is 0 Å². The van der Waals surface area contributed by atoms with Crippen LogP contribution in [0, 0.1) is 0 Å². The molecule has 0 aromatic carbocycles. The summed E-state index contributed by atoms with van der Waals surface area (Å²) in [7, 11) is -4.26. The summed E-state index contributed by atoms with van der Waals surface area (Å²) in [6, 6.07) is 0. The predicted molar refractivity (Wildman–Crippen MR) is 210 cm³/mol. The molecule has 0 spiro atoms. The van der Waals surface area contributed by atoms with Crippen LogP contribution < -0.4 is 5.73 Å². The van der Waals surface area contributed by atoms with Gasteiger partial charge in [-0.25, -0.2) is 4.57 Å². The van der Waals surface area contributed by atoms with Gasteiger partial charge in [0, 0.05) is 19.6 Å². The van der Waals surface area contributed by atoms with E-state index in [0.717, 1.165) is 32.1 Å². The van der Waals surface area contributed by atoms with E-state index in [1.807, 2.05) is 0 Å². The summed E-state index contributed by atoms with van der Waals surface area (Å²) in [6.45, 7) is 4.90. The largest absolute Gasteiger partial charge is 0.472 e. The highest BCUT2D eigenvalue weighted by atomic mass is 31.2. The molecule has 0 saturated carbocycles. The van der Waals surface area contributed by atoms with E-state index in [9.17, 15) is 14.3 Å². The van der Waals surface area contributed by atoms with Gasteiger partial charge in [0.05, 0.1) is 19.8 Å². The molecule has 0 aliphatic rings. The molecule has 0 amide bonds. The minimum Gasteiger partial charge on any atom is -0.457 e. The van der Waals surface area contributed by atoms with Crippen molar-refractivity contribution in [1.82, 2.24) is 0 Å². The SMILES string of the molecule is CCCCCCCCCC/C=C\CCCCCCCCCCCCCCOCC(COP(=O)(O)OCCN)OC(=O)CCCCCCCCC. The van der Waals surface area contributed by atoms with Crippen LogP contribution in [0.15, 0.2) is 12.2 Å². The van der Waals surface area contributed by atoms with Gasteiger partial charge < -0.3 is 20.1 Å². The number of phosphoric acid groups is 1. The molecule has 8 nitrogen and oxygen atoms in total. The standard InChI is InChI=1S/C41H82NO7P/c1-3-5-7-9-11-12-13-14-15-16-17-18-19-20-21-22-23-24-25-26-27-29-31-33-36-46-38-40(39-48-50(44,45)47-37-35-42)49-41(43)34-32-30-28-10-8-6-4-2/h16-17,40H,3-15,18-39,42H2,1-2H3,(H,44,45)/b17-16-. The van der Waals surface area contributed by atoms with E-state index in [1.165, 1.54) is 154 Å². The van der Waals surface area contributed by atoms with Gasteiger partial charge in [-0.05, 0) is 38.5 Å². The molecule has 2 unspecified atom stereocenters. The molecule has 9 heteroatoms. The maximum absolute atomic E-state index is 12.4. The molecule has 0 radical (unpaired) electrons. The first-order valence-corrected chi connectivity index (χ1v) is 22.7.